The second-order valence-corrected chi connectivity index (χ2v) is 5.28. The summed E-state index contributed by atoms with van der Waals surface area (Å²) in [7, 11) is 0. The summed E-state index contributed by atoms with van der Waals surface area (Å²) in [6.45, 7) is 1.52. The molecule has 94 valence electrons. The van der Waals surface area contributed by atoms with Crippen LogP contribution in [-0.4, -0.2) is 5.11 Å². The van der Waals surface area contributed by atoms with Gasteiger partial charge in [-0.15, -0.1) is 0 Å². The Bertz CT molecular complexity index is 528. The summed E-state index contributed by atoms with van der Waals surface area (Å²) in [5.41, 5.74) is 2.28. The van der Waals surface area contributed by atoms with Crippen LogP contribution in [0, 0.1) is 0 Å². The van der Waals surface area contributed by atoms with Gasteiger partial charge in [0.15, 0.2) is 0 Å². The molecule has 4 heteroatoms. The molecule has 2 aromatic carbocycles. The minimum atomic E-state index is 0.290. The topological polar surface area (TPSA) is 32.3 Å². The van der Waals surface area contributed by atoms with Gasteiger partial charge in [0.05, 0.1) is 5.02 Å². The quantitative estimate of drug-likeness (QED) is 0.886. The molecule has 0 radical (unpaired) electrons. The van der Waals surface area contributed by atoms with E-state index in [1.165, 1.54) is 0 Å². The third kappa shape index (κ3) is 3.73. The molecule has 0 aliphatic rings. The van der Waals surface area contributed by atoms with Crippen LogP contribution in [0.2, 0.25) is 5.02 Å². The maximum absolute atomic E-state index is 9.18. The van der Waals surface area contributed by atoms with E-state index in [1.54, 1.807) is 12.1 Å². The van der Waals surface area contributed by atoms with Gasteiger partial charge in [-0.2, -0.15) is 0 Å². The van der Waals surface area contributed by atoms with E-state index in [9.17, 15) is 5.11 Å². The van der Waals surface area contributed by atoms with Gasteiger partial charge in [-0.25, -0.2) is 0 Å². The summed E-state index contributed by atoms with van der Waals surface area (Å²) in [6.07, 6.45) is 0. The Kier molecular flexibility index (Phi) is 4.64. The first-order valence-electron chi connectivity index (χ1n) is 5.58. The zero-order valence-corrected chi connectivity index (χ0v) is 12.0. The van der Waals surface area contributed by atoms with Gasteiger partial charge in [0.1, 0.15) is 5.75 Å². The fourth-order valence-electron chi connectivity index (χ4n) is 1.61. The molecule has 0 atom stereocenters. The largest absolute Gasteiger partial charge is 0.508 e. The van der Waals surface area contributed by atoms with Gasteiger partial charge in [0.25, 0.3) is 0 Å². The normalized spacial score (nSPS) is 10.6. The van der Waals surface area contributed by atoms with Crippen molar-refractivity contribution in [2.24, 2.45) is 0 Å². The summed E-state index contributed by atoms with van der Waals surface area (Å²) < 4.78 is 0.909. The first-order chi connectivity index (χ1) is 8.65. The van der Waals surface area contributed by atoms with Crippen LogP contribution in [0.1, 0.15) is 11.1 Å². The maximum Gasteiger partial charge on any atom is 0.115 e. The molecule has 0 amide bonds. The summed E-state index contributed by atoms with van der Waals surface area (Å²) >= 11 is 9.39. The monoisotopic (exact) mass is 325 g/mol. The highest BCUT2D eigenvalue weighted by Crippen LogP contribution is 2.23. The lowest BCUT2D eigenvalue weighted by molar-refractivity contribution is 0.475. The number of halogens is 2. The Morgan fingerprint density at radius 1 is 1.00 bits per heavy atom. The summed E-state index contributed by atoms with van der Waals surface area (Å²) in [5.74, 6) is 0.290. The first-order valence-corrected chi connectivity index (χ1v) is 6.75. The maximum atomic E-state index is 9.18. The van der Waals surface area contributed by atoms with Gasteiger partial charge in [-0.3, -0.25) is 0 Å². The lowest BCUT2D eigenvalue weighted by Crippen LogP contribution is -2.12. The molecular weight excluding hydrogens is 314 g/mol. The molecule has 0 saturated carbocycles. The van der Waals surface area contributed by atoms with Crippen LogP contribution in [0.4, 0.5) is 0 Å². The highest BCUT2D eigenvalue weighted by atomic mass is 79.9. The molecule has 0 aromatic heterocycles. The second-order valence-electron chi connectivity index (χ2n) is 4.02. The number of nitrogens with one attached hydrogen (secondary N) is 1. The summed E-state index contributed by atoms with van der Waals surface area (Å²) in [4.78, 5) is 0. The third-order valence-electron chi connectivity index (χ3n) is 2.58. The minimum Gasteiger partial charge on any atom is -0.508 e. The first kappa shape index (κ1) is 13.4. The van der Waals surface area contributed by atoms with Crippen molar-refractivity contribution in [1.82, 2.24) is 5.32 Å². The molecule has 0 aliphatic heterocycles. The smallest absolute Gasteiger partial charge is 0.115 e. The van der Waals surface area contributed by atoms with E-state index >= 15 is 0 Å². The second kappa shape index (κ2) is 6.23. The Balaban J connectivity index is 1.88. The van der Waals surface area contributed by atoms with Crippen molar-refractivity contribution >= 4 is 27.5 Å². The Hall–Kier alpha value is -1.03. The van der Waals surface area contributed by atoms with Crippen molar-refractivity contribution < 1.29 is 5.11 Å². The van der Waals surface area contributed by atoms with E-state index < -0.39 is 0 Å². The van der Waals surface area contributed by atoms with E-state index in [0.717, 1.165) is 33.7 Å². The van der Waals surface area contributed by atoms with Crippen LogP contribution >= 0.6 is 27.5 Å². The predicted molar refractivity (Wildman–Crippen MR) is 77.8 cm³/mol. The molecule has 2 rings (SSSR count). The number of rotatable bonds is 4. The average Bonchev–Trinajstić information content (AvgIpc) is 2.36. The molecule has 2 aromatic rings. The standard InChI is InChI=1S/C14H13BrClNO/c15-13-6-3-11(7-14(13)16)9-17-8-10-1-4-12(18)5-2-10/h1-7,17-18H,8-9H2. The molecule has 0 fully saturated rings. The van der Waals surface area contributed by atoms with Crippen molar-refractivity contribution in [3.63, 3.8) is 0 Å². The van der Waals surface area contributed by atoms with Crippen molar-refractivity contribution in [2.45, 2.75) is 13.1 Å². The minimum absolute atomic E-state index is 0.290. The van der Waals surface area contributed by atoms with Crippen LogP contribution in [0.15, 0.2) is 46.9 Å². The van der Waals surface area contributed by atoms with E-state index in [2.05, 4.69) is 21.2 Å². The molecule has 18 heavy (non-hydrogen) atoms. The van der Waals surface area contributed by atoms with E-state index in [0.29, 0.717) is 5.75 Å². The molecule has 2 N–H and O–H groups in total. The summed E-state index contributed by atoms with van der Waals surface area (Å²) in [5, 5.41) is 13.2. The van der Waals surface area contributed by atoms with Crippen molar-refractivity contribution in [1.29, 1.82) is 0 Å². The third-order valence-corrected chi connectivity index (χ3v) is 3.81. The lowest BCUT2D eigenvalue weighted by atomic mass is 10.2. The molecule has 2 nitrogen and oxygen atoms in total. The van der Waals surface area contributed by atoms with Gasteiger partial charge in [0, 0.05) is 17.6 Å². The van der Waals surface area contributed by atoms with Crippen LogP contribution in [-0.2, 0) is 13.1 Å². The molecule has 0 unspecified atom stereocenters. The predicted octanol–water partition coefficient (Wildman–Crippen LogP) is 4.10. The lowest BCUT2D eigenvalue weighted by Gasteiger charge is -2.06. The highest BCUT2D eigenvalue weighted by molar-refractivity contribution is 9.10. The van der Waals surface area contributed by atoms with Crippen LogP contribution in [0.3, 0.4) is 0 Å². The molecule has 0 bridgehead atoms. The average molecular weight is 327 g/mol. The van der Waals surface area contributed by atoms with Gasteiger partial charge in [-0.1, -0.05) is 29.8 Å². The van der Waals surface area contributed by atoms with Gasteiger partial charge in [-0.05, 0) is 51.3 Å². The Morgan fingerprint density at radius 2 is 1.61 bits per heavy atom. The summed E-state index contributed by atoms with van der Waals surface area (Å²) in [6, 6.07) is 13.1. The van der Waals surface area contributed by atoms with E-state index in [4.69, 9.17) is 11.6 Å². The fourth-order valence-corrected chi connectivity index (χ4v) is 2.06. The Labute approximate surface area is 120 Å². The van der Waals surface area contributed by atoms with Crippen molar-refractivity contribution in [2.75, 3.05) is 0 Å². The SMILES string of the molecule is Oc1ccc(CNCc2ccc(Br)c(Cl)c2)cc1. The van der Waals surface area contributed by atoms with Crippen LogP contribution in [0.5, 0.6) is 5.75 Å². The number of phenols is 1. The van der Waals surface area contributed by atoms with Gasteiger partial charge in [0.2, 0.25) is 0 Å². The zero-order valence-electron chi connectivity index (χ0n) is 9.66. The highest BCUT2D eigenvalue weighted by Gasteiger charge is 1.99. The van der Waals surface area contributed by atoms with Gasteiger partial charge < -0.3 is 10.4 Å². The molecule has 0 heterocycles. The molecule has 0 saturated heterocycles. The number of aromatic hydroxyl groups is 1. The van der Waals surface area contributed by atoms with E-state index in [1.807, 2.05) is 30.3 Å². The number of hydrogen-bond donors (Lipinski definition) is 2. The number of benzene rings is 2. The number of hydrogen-bond acceptors (Lipinski definition) is 2. The Morgan fingerprint density at radius 3 is 2.28 bits per heavy atom. The van der Waals surface area contributed by atoms with Crippen molar-refractivity contribution in [3.05, 3.63) is 63.1 Å². The van der Waals surface area contributed by atoms with Crippen LogP contribution in [0.25, 0.3) is 0 Å². The fraction of sp³-hybridized carbons (Fsp3) is 0.143. The van der Waals surface area contributed by atoms with Crippen LogP contribution < -0.4 is 5.32 Å². The van der Waals surface area contributed by atoms with Crippen molar-refractivity contribution in [3.8, 4) is 5.75 Å². The molecular formula is C14H13BrClNO. The van der Waals surface area contributed by atoms with E-state index in [-0.39, 0.29) is 0 Å². The van der Waals surface area contributed by atoms with Gasteiger partial charge >= 0.3 is 0 Å². The molecule has 0 aliphatic carbocycles. The number of phenolic OH excluding ortho intramolecular Hbond substituents is 1. The molecule has 0 spiro atoms. The zero-order chi connectivity index (χ0) is 13.0.